The number of esters is 1. The van der Waals surface area contributed by atoms with Crippen LogP contribution in [-0.4, -0.2) is 30.0 Å². The van der Waals surface area contributed by atoms with E-state index in [2.05, 4.69) is 10.3 Å². The summed E-state index contributed by atoms with van der Waals surface area (Å²) in [6, 6.07) is 19.2. The molecule has 5 nitrogen and oxygen atoms in total. The molecule has 134 valence electrons. The second-order valence-corrected chi connectivity index (χ2v) is 6.12. The summed E-state index contributed by atoms with van der Waals surface area (Å²) in [5.74, 6) is -0.956. The fourth-order valence-electron chi connectivity index (χ4n) is 2.90. The quantitative estimate of drug-likeness (QED) is 0.642. The Hall–Kier alpha value is -3.08. The molecule has 1 atom stereocenters. The lowest BCUT2D eigenvalue weighted by Gasteiger charge is -2.16. The lowest BCUT2D eigenvalue weighted by atomic mass is 9.99. The van der Waals surface area contributed by atoms with Crippen molar-refractivity contribution in [2.75, 3.05) is 13.2 Å². The second-order valence-electron chi connectivity index (χ2n) is 6.12. The molecule has 1 unspecified atom stereocenters. The standard InChI is InChI=1S/C21H22N2O3/c1-2-26-21(25)17(12-15-8-4-3-5-9-15)14-22-20(24)19-13-16-10-6-7-11-18(16)23-19/h3-11,13,17,23H,2,12,14H2,1H3,(H,22,24). The molecular formula is C21H22N2O3. The second kappa shape index (κ2) is 8.34. The summed E-state index contributed by atoms with van der Waals surface area (Å²) in [7, 11) is 0. The number of aromatic nitrogens is 1. The molecule has 0 spiro atoms. The van der Waals surface area contributed by atoms with Gasteiger partial charge in [-0.3, -0.25) is 9.59 Å². The summed E-state index contributed by atoms with van der Waals surface area (Å²) >= 11 is 0. The first-order valence-corrected chi connectivity index (χ1v) is 8.74. The molecule has 5 heteroatoms. The number of carbonyl (C=O) groups is 2. The molecule has 0 radical (unpaired) electrons. The topological polar surface area (TPSA) is 71.2 Å². The zero-order valence-electron chi connectivity index (χ0n) is 14.7. The van der Waals surface area contributed by atoms with E-state index in [1.54, 1.807) is 13.0 Å². The molecular weight excluding hydrogens is 328 g/mol. The number of rotatable bonds is 7. The van der Waals surface area contributed by atoms with Crippen molar-refractivity contribution < 1.29 is 14.3 Å². The fraction of sp³-hybridized carbons (Fsp3) is 0.238. The molecule has 1 aromatic heterocycles. The third-order valence-corrected chi connectivity index (χ3v) is 4.23. The first kappa shape index (κ1) is 17.7. The van der Waals surface area contributed by atoms with Crippen LogP contribution < -0.4 is 5.32 Å². The molecule has 3 aromatic rings. The molecule has 1 amide bonds. The van der Waals surface area contributed by atoms with Gasteiger partial charge in [-0.1, -0.05) is 48.5 Å². The third-order valence-electron chi connectivity index (χ3n) is 4.23. The van der Waals surface area contributed by atoms with Gasteiger partial charge in [0, 0.05) is 17.4 Å². The summed E-state index contributed by atoms with van der Waals surface area (Å²) in [5.41, 5.74) is 2.42. The number of ether oxygens (including phenoxy) is 1. The van der Waals surface area contributed by atoms with E-state index in [4.69, 9.17) is 4.74 Å². The SMILES string of the molecule is CCOC(=O)C(CNC(=O)c1cc2ccccc2[nH]1)Cc1ccccc1. The van der Waals surface area contributed by atoms with Gasteiger partial charge in [-0.15, -0.1) is 0 Å². The molecule has 26 heavy (non-hydrogen) atoms. The van der Waals surface area contributed by atoms with Gasteiger partial charge >= 0.3 is 5.97 Å². The number of hydrogen-bond acceptors (Lipinski definition) is 3. The fourth-order valence-corrected chi connectivity index (χ4v) is 2.90. The van der Waals surface area contributed by atoms with Gasteiger partial charge in [-0.2, -0.15) is 0 Å². The normalized spacial score (nSPS) is 11.9. The molecule has 2 N–H and O–H groups in total. The van der Waals surface area contributed by atoms with Crippen LogP contribution in [0, 0.1) is 5.92 Å². The first-order valence-electron chi connectivity index (χ1n) is 8.74. The maximum Gasteiger partial charge on any atom is 0.311 e. The van der Waals surface area contributed by atoms with Crippen molar-refractivity contribution in [3.05, 3.63) is 71.9 Å². The number of fused-ring (bicyclic) bond motifs is 1. The average Bonchev–Trinajstić information content (AvgIpc) is 3.10. The van der Waals surface area contributed by atoms with Gasteiger partial charge in [-0.25, -0.2) is 0 Å². The van der Waals surface area contributed by atoms with E-state index in [-0.39, 0.29) is 18.4 Å². The Morgan fingerprint density at radius 1 is 1.08 bits per heavy atom. The van der Waals surface area contributed by atoms with Crippen LogP contribution in [0.3, 0.4) is 0 Å². The summed E-state index contributed by atoms with van der Waals surface area (Å²) in [5, 5.41) is 3.82. The maximum absolute atomic E-state index is 12.5. The first-order chi connectivity index (χ1) is 12.7. The van der Waals surface area contributed by atoms with Gasteiger partial charge in [0.05, 0.1) is 12.5 Å². The smallest absolute Gasteiger partial charge is 0.311 e. The highest BCUT2D eigenvalue weighted by Crippen LogP contribution is 2.15. The van der Waals surface area contributed by atoms with Crippen LogP contribution in [0.25, 0.3) is 10.9 Å². The predicted molar refractivity (Wildman–Crippen MR) is 101 cm³/mol. The van der Waals surface area contributed by atoms with Gasteiger partial charge in [0.15, 0.2) is 0 Å². The molecule has 2 aromatic carbocycles. The number of para-hydroxylation sites is 1. The lowest BCUT2D eigenvalue weighted by molar-refractivity contribution is -0.147. The van der Waals surface area contributed by atoms with Crippen molar-refractivity contribution in [1.29, 1.82) is 0 Å². The molecule has 0 bridgehead atoms. The Labute approximate surface area is 152 Å². The van der Waals surface area contributed by atoms with Gasteiger partial charge in [-0.05, 0) is 31.0 Å². The third kappa shape index (κ3) is 4.30. The summed E-state index contributed by atoms with van der Waals surface area (Å²) in [4.78, 5) is 27.8. The molecule has 1 heterocycles. The van der Waals surface area contributed by atoms with Crippen LogP contribution in [0.5, 0.6) is 0 Å². The average molecular weight is 350 g/mol. The Balaban J connectivity index is 1.67. The summed E-state index contributed by atoms with van der Waals surface area (Å²) < 4.78 is 5.16. The lowest BCUT2D eigenvalue weighted by Crippen LogP contribution is -2.35. The van der Waals surface area contributed by atoms with Gasteiger partial charge in [0.25, 0.3) is 5.91 Å². The highest BCUT2D eigenvalue weighted by atomic mass is 16.5. The van der Waals surface area contributed by atoms with E-state index in [1.165, 1.54) is 0 Å². The van der Waals surface area contributed by atoms with E-state index >= 15 is 0 Å². The molecule has 0 saturated heterocycles. The number of carbonyl (C=O) groups excluding carboxylic acids is 2. The Morgan fingerprint density at radius 3 is 2.54 bits per heavy atom. The number of H-pyrrole nitrogens is 1. The monoisotopic (exact) mass is 350 g/mol. The minimum Gasteiger partial charge on any atom is -0.466 e. The summed E-state index contributed by atoms with van der Waals surface area (Å²) in [6.45, 7) is 2.32. The van der Waals surface area contributed by atoms with Crippen molar-refractivity contribution in [2.24, 2.45) is 5.92 Å². The van der Waals surface area contributed by atoms with Crippen LogP contribution in [0.4, 0.5) is 0 Å². The number of benzene rings is 2. The molecule has 0 aliphatic heterocycles. The van der Waals surface area contributed by atoms with E-state index in [0.717, 1.165) is 16.5 Å². The van der Waals surface area contributed by atoms with Gasteiger partial charge in [0.2, 0.25) is 0 Å². The van der Waals surface area contributed by atoms with Crippen LogP contribution in [-0.2, 0) is 16.0 Å². The Kier molecular flexibility index (Phi) is 5.69. The Morgan fingerprint density at radius 2 is 1.81 bits per heavy atom. The van der Waals surface area contributed by atoms with Crippen molar-refractivity contribution in [1.82, 2.24) is 10.3 Å². The zero-order chi connectivity index (χ0) is 18.4. The summed E-state index contributed by atoms with van der Waals surface area (Å²) in [6.07, 6.45) is 0.520. The van der Waals surface area contributed by atoms with Crippen molar-refractivity contribution in [3.63, 3.8) is 0 Å². The van der Waals surface area contributed by atoms with Crippen LogP contribution >= 0.6 is 0 Å². The van der Waals surface area contributed by atoms with Gasteiger partial charge in [0.1, 0.15) is 5.69 Å². The van der Waals surface area contributed by atoms with Gasteiger partial charge < -0.3 is 15.0 Å². The minimum absolute atomic E-state index is 0.224. The number of hydrogen-bond donors (Lipinski definition) is 2. The van der Waals surface area contributed by atoms with E-state index in [9.17, 15) is 9.59 Å². The van der Waals surface area contributed by atoms with Crippen molar-refractivity contribution >= 4 is 22.8 Å². The Bertz CT molecular complexity index is 853. The largest absolute Gasteiger partial charge is 0.466 e. The predicted octanol–water partition coefficient (Wildman–Crippen LogP) is 3.32. The van der Waals surface area contributed by atoms with E-state index < -0.39 is 5.92 Å². The van der Waals surface area contributed by atoms with E-state index in [0.29, 0.717) is 18.7 Å². The van der Waals surface area contributed by atoms with Crippen LogP contribution in [0.15, 0.2) is 60.7 Å². The molecule has 0 aliphatic rings. The van der Waals surface area contributed by atoms with E-state index in [1.807, 2.05) is 54.6 Å². The zero-order valence-corrected chi connectivity index (χ0v) is 14.7. The molecule has 0 aliphatic carbocycles. The number of aromatic amines is 1. The highest BCUT2D eigenvalue weighted by Gasteiger charge is 2.22. The van der Waals surface area contributed by atoms with Crippen LogP contribution in [0.1, 0.15) is 23.0 Å². The minimum atomic E-state index is -0.425. The molecule has 0 saturated carbocycles. The molecule has 0 fully saturated rings. The van der Waals surface area contributed by atoms with Crippen LogP contribution in [0.2, 0.25) is 0 Å². The van der Waals surface area contributed by atoms with Crippen molar-refractivity contribution in [3.8, 4) is 0 Å². The maximum atomic E-state index is 12.5. The number of nitrogens with one attached hydrogen (secondary N) is 2. The highest BCUT2D eigenvalue weighted by molar-refractivity contribution is 5.98. The molecule has 3 rings (SSSR count). The van der Waals surface area contributed by atoms with Crippen molar-refractivity contribution in [2.45, 2.75) is 13.3 Å². The number of amides is 1.